The van der Waals surface area contributed by atoms with Crippen LogP contribution in [0.5, 0.6) is 0 Å². The standard InChI is InChI=1S/C30H28ClFN2O2S/c31-24-15-11-21(12-16-24)18-33-29(35)22-13-9-20(10-14-22)17-28-30(36)34(19-23-5-1-2-6-25(23)32)26-7-3-4-8-27(26)37-28/h1-2,5-6,9-17,26-27H,3-4,7-8,18-19H2,(H,33,35)/b28-17-. The molecule has 2 aliphatic rings. The van der Waals surface area contributed by atoms with Crippen molar-refractivity contribution >= 4 is 41.3 Å². The van der Waals surface area contributed by atoms with Crippen LogP contribution in [0, 0.1) is 5.82 Å². The van der Waals surface area contributed by atoms with Gasteiger partial charge in [0.2, 0.25) is 0 Å². The van der Waals surface area contributed by atoms with Crippen LogP contribution in [0.4, 0.5) is 4.39 Å². The highest BCUT2D eigenvalue weighted by atomic mass is 35.5. The van der Waals surface area contributed by atoms with E-state index in [1.807, 2.05) is 41.3 Å². The first-order valence-electron chi connectivity index (χ1n) is 12.5. The summed E-state index contributed by atoms with van der Waals surface area (Å²) in [6.07, 6.45) is 6.11. The second kappa shape index (κ2) is 11.5. The summed E-state index contributed by atoms with van der Waals surface area (Å²) >= 11 is 7.56. The summed E-state index contributed by atoms with van der Waals surface area (Å²) in [5.41, 5.74) is 2.91. The molecule has 37 heavy (non-hydrogen) atoms. The molecule has 0 radical (unpaired) electrons. The van der Waals surface area contributed by atoms with Crippen LogP contribution >= 0.6 is 23.4 Å². The number of halogens is 2. The van der Waals surface area contributed by atoms with Gasteiger partial charge in [-0.15, -0.1) is 11.8 Å². The van der Waals surface area contributed by atoms with Gasteiger partial charge in [0.15, 0.2) is 0 Å². The van der Waals surface area contributed by atoms with E-state index in [0.717, 1.165) is 36.8 Å². The summed E-state index contributed by atoms with van der Waals surface area (Å²) in [5.74, 6) is -0.504. The van der Waals surface area contributed by atoms with E-state index in [1.165, 1.54) is 6.07 Å². The molecule has 5 rings (SSSR count). The van der Waals surface area contributed by atoms with Gasteiger partial charge in [0.25, 0.3) is 11.8 Å². The van der Waals surface area contributed by atoms with Gasteiger partial charge in [-0.05, 0) is 60.4 Å². The SMILES string of the molecule is O=C(NCc1ccc(Cl)cc1)c1ccc(/C=C2\SC3CCCCC3N(Cc3ccccc3F)C2=O)cc1. The first-order valence-corrected chi connectivity index (χ1v) is 13.8. The Morgan fingerprint density at radius 3 is 2.51 bits per heavy atom. The normalized spacial score (nSPS) is 20.5. The van der Waals surface area contributed by atoms with Crippen molar-refractivity contribution in [3.8, 4) is 0 Å². The molecular weight excluding hydrogens is 507 g/mol. The summed E-state index contributed by atoms with van der Waals surface area (Å²) in [6.45, 7) is 0.685. The summed E-state index contributed by atoms with van der Waals surface area (Å²) < 4.78 is 14.4. The van der Waals surface area contributed by atoms with E-state index in [4.69, 9.17) is 11.6 Å². The third-order valence-electron chi connectivity index (χ3n) is 6.95. The molecule has 1 saturated heterocycles. The van der Waals surface area contributed by atoms with Gasteiger partial charge in [-0.25, -0.2) is 4.39 Å². The quantitative estimate of drug-likeness (QED) is 0.352. The van der Waals surface area contributed by atoms with Crippen LogP contribution in [0.3, 0.4) is 0 Å². The fourth-order valence-corrected chi connectivity index (χ4v) is 6.54. The van der Waals surface area contributed by atoms with Crippen molar-refractivity contribution in [2.45, 2.75) is 50.1 Å². The summed E-state index contributed by atoms with van der Waals surface area (Å²) in [4.78, 5) is 28.7. The maximum absolute atomic E-state index is 14.4. The minimum atomic E-state index is -0.281. The van der Waals surface area contributed by atoms with Crippen molar-refractivity contribution in [1.82, 2.24) is 10.2 Å². The molecule has 190 valence electrons. The molecule has 1 aliphatic heterocycles. The molecule has 1 saturated carbocycles. The van der Waals surface area contributed by atoms with Gasteiger partial charge in [-0.2, -0.15) is 0 Å². The number of carbonyl (C=O) groups is 2. The first kappa shape index (κ1) is 25.6. The molecule has 7 heteroatoms. The highest BCUT2D eigenvalue weighted by molar-refractivity contribution is 8.04. The predicted molar refractivity (Wildman–Crippen MR) is 148 cm³/mol. The number of hydrogen-bond donors (Lipinski definition) is 1. The molecule has 2 fully saturated rings. The lowest BCUT2D eigenvalue weighted by molar-refractivity contribution is -0.130. The van der Waals surface area contributed by atoms with Crippen LogP contribution in [0.1, 0.15) is 52.7 Å². The average Bonchev–Trinajstić information content (AvgIpc) is 2.92. The van der Waals surface area contributed by atoms with Crippen LogP contribution < -0.4 is 5.32 Å². The number of nitrogens with zero attached hydrogens (tertiary/aromatic N) is 1. The lowest BCUT2D eigenvalue weighted by atomic mass is 9.92. The van der Waals surface area contributed by atoms with E-state index in [2.05, 4.69) is 5.32 Å². The van der Waals surface area contributed by atoms with E-state index >= 15 is 0 Å². The molecular formula is C30H28ClFN2O2S. The minimum absolute atomic E-state index is 0.0545. The zero-order valence-corrected chi connectivity index (χ0v) is 21.9. The number of nitrogens with one attached hydrogen (secondary N) is 1. The largest absolute Gasteiger partial charge is 0.348 e. The molecule has 1 N–H and O–H groups in total. The van der Waals surface area contributed by atoms with Crippen LogP contribution in [-0.4, -0.2) is 28.0 Å². The molecule has 2 atom stereocenters. The fourth-order valence-electron chi connectivity index (χ4n) is 4.94. The number of amides is 2. The van der Waals surface area contributed by atoms with Crippen molar-refractivity contribution in [2.75, 3.05) is 0 Å². The lowest BCUT2D eigenvalue weighted by Crippen LogP contribution is -2.50. The molecule has 3 aromatic rings. The molecule has 2 amide bonds. The third kappa shape index (κ3) is 6.08. The van der Waals surface area contributed by atoms with Crippen molar-refractivity contribution in [3.05, 3.63) is 111 Å². The molecule has 0 aromatic heterocycles. The van der Waals surface area contributed by atoms with Gasteiger partial charge in [0, 0.05) is 40.5 Å². The van der Waals surface area contributed by atoms with Crippen LogP contribution in [0.25, 0.3) is 6.08 Å². The Balaban J connectivity index is 1.30. The smallest absolute Gasteiger partial charge is 0.260 e. The van der Waals surface area contributed by atoms with Crippen molar-refractivity contribution in [3.63, 3.8) is 0 Å². The minimum Gasteiger partial charge on any atom is -0.348 e. The predicted octanol–water partition coefficient (Wildman–Crippen LogP) is 6.84. The Morgan fingerprint density at radius 2 is 1.76 bits per heavy atom. The van der Waals surface area contributed by atoms with Gasteiger partial charge in [-0.1, -0.05) is 66.9 Å². The van der Waals surface area contributed by atoms with E-state index < -0.39 is 0 Å². The van der Waals surface area contributed by atoms with Gasteiger partial charge in [0.1, 0.15) is 5.82 Å². The van der Waals surface area contributed by atoms with Crippen LogP contribution in [0.2, 0.25) is 5.02 Å². The highest BCUT2D eigenvalue weighted by Crippen LogP contribution is 2.42. The molecule has 1 aliphatic carbocycles. The Bertz CT molecular complexity index is 1310. The average molecular weight is 535 g/mol. The number of rotatable bonds is 6. The van der Waals surface area contributed by atoms with Gasteiger partial charge < -0.3 is 10.2 Å². The summed E-state index contributed by atoms with van der Waals surface area (Å²) in [6, 6.07) is 21.4. The first-order chi connectivity index (χ1) is 18.0. The van der Waals surface area contributed by atoms with E-state index in [0.29, 0.717) is 32.8 Å². The number of hydrogen-bond acceptors (Lipinski definition) is 3. The second-order valence-electron chi connectivity index (χ2n) is 9.47. The number of fused-ring (bicyclic) bond motifs is 1. The number of carbonyl (C=O) groups excluding carboxylic acids is 2. The van der Waals surface area contributed by atoms with Crippen molar-refractivity contribution in [2.24, 2.45) is 0 Å². The lowest BCUT2D eigenvalue weighted by Gasteiger charge is -2.44. The van der Waals surface area contributed by atoms with E-state index in [-0.39, 0.29) is 30.2 Å². The zero-order chi connectivity index (χ0) is 25.8. The fraction of sp³-hybridized carbons (Fsp3) is 0.267. The monoisotopic (exact) mass is 534 g/mol. The van der Waals surface area contributed by atoms with Crippen LogP contribution in [0.15, 0.2) is 77.7 Å². The zero-order valence-electron chi connectivity index (χ0n) is 20.3. The maximum Gasteiger partial charge on any atom is 0.260 e. The van der Waals surface area contributed by atoms with Crippen molar-refractivity contribution in [1.29, 1.82) is 0 Å². The summed E-state index contributed by atoms with van der Waals surface area (Å²) in [5, 5.41) is 3.88. The maximum atomic E-state index is 14.4. The number of benzene rings is 3. The topological polar surface area (TPSA) is 49.4 Å². The molecule has 3 aromatic carbocycles. The third-order valence-corrected chi connectivity index (χ3v) is 8.60. The van der Waals surface area contributed by atoms with E-state index in [1.54, 1.807) is 48.2 Å². The summed E-state index contributed by atoms with van der Waals surface area (Å²) in [7, 11) is 0. The number of thioether (sulfide) groups is 1. The Morgan fingerprint density at radius 1 is 1.03 bits per heavy atom. The van der Waals surface area contributed by atoms with Gasteiger partial charge in [-0.3, -0.25) is 9.59 Å². The van der Waals surface area contributed by atoms with E-state index in [9.17, 15) is 14.0 Å². The van der Waals surface area contributed by atoms with Gasteiger partial charge >= 0.3 is 0 Å². The van der Waals surface area contributed by atoms with Gasteiger partial charge in [0.05, 0.1) is 4.91 Å². The second-order valence-corrected chi connectivity index (χ2v) is 11.2. The molecule has 0 bridgehead atoms. The Kier molecular flexibility index (Phi) is 7.96. The highest BCUT2D eigenvalue weighted by Gasteiger charge is 2.40. The molecule has 4 nitrogen and oxygen atoms in total. The molecule has 0 spiro atoms. The Hall–Kier alpha value is -3.09. The molecule has 2 unspecified atom stereocenters. The molecule has 1 heterocycles. The Labute approximate surface area is 225 Å². The van der Waals surface area contributed by atoms with Crippen molar-refractivity contribution < 1.29 is 14.0 Å². The van der Waals surface area contributed by atoms with Crippen LogP contribution in [-0.2, 0) is 17.9 Å².